The third-order valence-corrected chi connectivity index (χ3v) is 4.27. The molecule has 1 aromatic heterocycles. The first kappa shape index (κ1) is 14.5. The first-order valence-electron chi connectivity index (χ1n) is 7.29. The van der Waals surface area contributed by atoms with Gasteiger partial charge in [-0.2, -0.15) is 0 Å². The van der Waals surface area contributed by atoms with Gasteiger partial charge in [0.25, 0.3) is 0 Å². The molecule has 0 spiro atoms. The first-order valence-corrected chi connectivity index (χ1v) is 8.09. The van der Waals surface area contributed by atoms with Gasteiger partial charge in [0.2, 0.25) is 5.91 Å². The van der Waals surface area contributed by atoms with Crippen molar-refractivity contribution in [2.75, 3.05) is 18.0 Å². The van der Waals surface area contributed by atoms with Crippen LogP contribution in [0.25, 0.3) is 10.9 Å². The van der Waals surface area contributed by atoms with Crippen molar-refractivity contribution in [3.63, 3.8) is 0 Å². The average molecular weight is 348 g/mol. The highest BCUT2D eigenvalue weighted by atomic mass is 79.9. The molecule has 2 heterocycles. The summed E-state index contributed by atoms with van der Waals surface area (Å²) in [5.41, 5.74) is 1.79. The lowest BCUT2D eigenvalue weighted by molar-refractivity contribution is -0.121. The molecule has 3 rings (SSSR count). The Morgan fingerprint density at radius 3 is 3.14 bits per heavy atom. The number of hydrogen-bond acceptors (Lipinski definition) is 3. The van der Waals surface area contributed by atoms with Gasteiger partial charge in [-0.05, 0) is 47.4 Å². The van der Waals surface area contributed by atoms with Crippen molar-refractivity contribution in [2.24, 2.45) is 0 Å². The fourth-order valence-electron chi connectivity index (χ4n) is 2.89. The van der Waals surface area contributed by atoms with Crippen LogP contribution in [0.1, 0.15) is 19.8 Å². The quantitative estimate of drug-likeness (QED) is 0.927. The number of aromatic nitrogens is 1. The van der Waals surface area contributed by atoms with E-state index in [0.717, 1.165) is 47.0 Å². The fourth-order valence-corrected chi connectivity index (χ4v) is 3.23. The zero-order valence-electron chi connectivity index (χ0n) is 12.0. The Kier molecular flexibility index (Phi) is 4.22. The van der Waals surface area contributed by atoms with E-state index < -0.39 is 0 Å². The largest absolute Gasteiger partial charge is 0.309 e. The Balaban J connectivity index is 2.01. The molecule has 0 bridgehead atoms. The Morgan fingerprint density at radius 2 is 2.33 bits per heavy atom. The number of carbonyl (C=O) groups is 1. The minimum absolute atomic E-state index is 0.0746. The molecule has 21 heavy (non-hydrogen) atoms. The molecule has 0 radical (unpaired) electrons. The molecule has 1 unspecified atom stereocenters. The molecule has 4 nitrogen and oxygen atoms in total. The van der Waals surface area contributed by atoms with Gasteiger partial charge in [0.1, 0.15) is 0 Å². The van der Waals surface area contributed by atoms with E-state index in [1.165, 1.54) is 0 Å². The van der Waals surface area contributed by atoms with E-state index in [-0.39, 0.29) is 11.9 Å². The molecule has 110 valence electrons. The number of anilines is 1. The molecular weight excluding hydrogens is 330 g/mol. The summed E-state index contributed by atoms with van der Waals surface area (Å²) in [5, 5.41) is 4.31. The summed E-state index contributed by atoms with van der Waals surface area (Å²) in [6.45, 7) is 3.60. The van der Waals surface area contributed by atoms with Crippen LogP contribution in [0, 0.1) is 0 Å². The standard InChI is InChI=1S/C16H18BrN3O/c1-2-18-13-6-4-8-20(16(13)21)14-7-3-5-11-9-12(17)10-19-15(11)14/h3,5,7,9-10,13,18H,2,4,6,8H2,1H3. The highest BCUT2D eigenvalue weighted by molar-refractivity contribution is 9.10. The number of benzene rings is 1. The molecule has 0 saturated carbocycles. The van der Waals surface area contributed by atoms with Crippen LogP contribution in [0.15, 0.2) is 34.9 Å². The number of hydrogen-bond donors (Lipinski definition) is 1. The van der Waals surface area contributed by atoms with Gasteiger partial charge in [-0.25, -0.2) is 0 Å². The highest BCUT2D eigenvalue weighted by Gasteiger charge is 2.29. The van der Waals surface area contributed by atoms with Crippen LogP contribution >= 0.6 is 15.9 Å². The zero-order chi connectivity index (χ0) is 14.8. The minimum Gasteiger partial charge on any atom is -0.309 e. The average Bonchev–Trinajstić information content (AvgIpc) is 2.49. The molecule has 0 aliphatic carbocycles. The summed E-state index contributed by atoms with van der Waals surface area (Å²) in [4.78, 5) is 19.0. The molecule has 2 aromatic rings. The maximum atomic E-state index is 12.7. The third-order valence-electron chi connectivity index (χ3n) is 3.84. The molecule has 1 saturated heterocycles. The number of nitrogens with zero attached hydrogens (tertiary/aromatic N) is 2. The number of piperidine rings is 1. The predicted octanol–water partition coefficient (Wildman–Crippen LogP) is 3.10. The monoisotopic (exact) mass is 347 g/mol. The van der Waals surface area contributed by atoms with Crippen molar-refractivity contribution in [1.82, 2.24) is 10.3 Å². The van der Waals surface area contributed by atoms with Gasteiger partial charge in [-0.3, -0.25) is 9.78 Å². The summed E-state index contributed by atoms with van der Waals surface area (Å²) in [6.07, 6.45) is 3.70. The number of fused-ring (bicyclic) bond motifs is 1. The second kappa shape index (κ2) is 6.12. The zero-order valence-corrected chi connectivity index (χ0v) is 13.6. The van der Waals surface area contributed by atoms with Crippen LogP contribution < -0.4 is 10.2 Å². The van der Waals surface area contributed by atoms with Gasteiger partial charge in [0, 0.05) is 22.6 Å². The van der Waals surface area contributed by atoms with E-state index >= 15 is 0 Å². The Bertz CT molecular complexity index is 672. The number of carbonyl (C=O) groups excluding carboxylic acids is 1. The SMILES string of the molecule is CCNC1CCCN(c2cccc3cc(Br)cnc23)C1=O. The van der Waals surface area contributed by atoms with Crippen LogP contribution in [0.3, 0.4) is 0 Å². The maximum absolute atomic E-state index is 12.7. The number of likely N-dealkylation sites (N-methyl/N-ethyl adjacent to an activating group) is 1. The highest BCUT2D eigenvalue weighted by Crippen LogP contribution is 2.29. The van der Waals surface area contributed by atoms with Gasteiger partial charge >= 0.3 is 0 Å². The van der Waals surface area contributed by atoms with E-state index in [1.54, 1.807) is 6.20 Å². The van der Waals surface area contributed by atoms with Crippen LogP contribution in [0.2, 0.25) is 0 Å². The molecule has 1 N–H and O–H groups in total. The number of amides is 1. The molecule has 1 aliphatic rings. The lowest BCUT2D eigenvalue weighted by atomic mass is 10.0. The Labute approximate surface area is 132 Å². The molecule has 1 fully saturated rings. The van der Waals surface area contributed by atoms with Crippen molar-refractivity contribution in [3.05, 3.63) is 34.9 Å². The third kappa shape index (κ3) is 2.80. The number of nitrogens with one attached hydrogen (secondary N) is 1. The molecule has 1 atom stereocenters. The topological polar surface area (TPSA) is 45.2 Å². The lowest BCUT2D eigenvalue weighted by Crippen LogP contribution is -2.50. The van der Waals surface area contributed by atoms with Crippen molar-refractivity contribution >= 4 is 38.4 Å². The van der Waals surface area contributed by atoms with Gasteiger partial charge in [0.15, 0.2) is 0 Å². The number of pyridine rings is 1. The summed E-state index contributed by atoms with van der Waals surface area (Å²) in [7, 11) is 0. The number of halogens is 1. The van der Waals surface area contributed by atoms with E-state index in [4.69, 9.17) is 0 Å². The van der Waals surface area contributed by atoms with Crippen molar-refractivity contribution in [2.45, 2.75) is 25.8 Å². The van der Waals surface area contributed by atoms with Crippen molar-refractivity contribution < 1.29 is 4.79 Å². The van der Waals surface area contributed by atoms with Crippen molar-refractivity contribution in [1.29, 1.82) is 0 Å². The van der Waals surface area contributed by atoms with Crippen LogP contribution in [-0.2, 0) is 4.79 Å². The normalized spacial score (nSPS) is 19.2. The van der Waals surface area contributed by atoms with E-state index in [9.17, 15) is 4.79 Å². The van der Waals surface area contributed by atoms with Crippen LogP contribution in [0.5, 0.6) is 0 Å². The van der Waals surface area contributed by atoms with Gasteiger partial charge in [-0.1, -0.05) is 19.1 Å². The summed E-state index contributed by atoms with van der Waals surface area (Å²) < 4.78 is 0.947. The predicted molar refractivity (Wildman–Crippen MR) is 88.5 cm³/mol. The molecular formula is C16H18BrN3O. The van der Waals surface area contributed by atoms with E-state index in [2.05, 4.69) is 26.2 Å². The summed E-state index contributed by atoms with van der Waals surface area (Å²) in [5.74, 6) is 0.153. The van der Waals surface area contributed by atoms with Crippen LogP contribution in [0.4, 0.5) is 5.69 Å². The second-order valence-electron chi connectivity index (χ2n) is 5.24. The Morgan fingerprint density at radius 1 is 1.48 bits per heavy atom. The molecule has 5 heteroatoms. The minimum atomic E-state index is -0.0746. The van der Waals surface area contributed by atoms with E-state index in [1.807, 2.05) is 36.1 Å². The van der Waals surface area contributed by atoms with Gasteiger partial charge in [0.05, 0.1) is 17.2 Å². The maximum Gasteiger partial charge on any atom is 0.244 e. The molecule has 1 amide bonds. The number of rotatable bonds is 3. The second-order valence-corrected chi connectivity index (χ2v) is 6.16. The van der Waals surface area contributed by atoms with Crippen molar-refractivity contribution in [3.8, 4) is 0 Å². The van der Waals surface area contributed by atoms with E-state index in [0.29, 0.717) is 0 Å². The Hall–Kier alpha value is -1.46. The van der Waals surface area contributed by atoms with Gasteiger partial charge in [-0.15, -0.1) is 0 Å². The first-order chi connectivity index (χ1) is 10.2. The lowest BCUT2D eigenvalue weighted by Gasteiger charge is -2.33. The summed E-state index contributed by atoms with van der Waals surface area (Å²) >= 11 is 3.44. The van der Waals surface area contributed by atoms with Crippen LogP contribution in [-0.4, -0.2) is 30.0 Å². The molecule has 1 aromatic carbocycles. The fraction of sp³-hybridized carbons (Fsp3) is 0.375. The number of para-hydroxylation sites is 1. The smallest absolute Gasteiger partial charge is 0.244 e. The summed E-state index contributed by atoms with van der Waals surface area (Å²) in [6, 6.07) is 7.94. The van der Waals surface area contributed by atoms with Gasteiger partial charge < -0.3 is 10.2 Å². The molecule has 1 aliphatic heterocycles.